The van der Waals surface area contributed by atoms with Gasteiger partial charge < -0.3 is 4.90 Å². The van der Waals surface area contributed by atoms with Crippen molar-refractivity contribution in [3.63, 3.8) is 0 Å². The van der Waals surface area contributed by atoms with Gasteiger partial charge in [0.15, 0.2) is 0 Å². The maximum atomic E-state index is 4.31. The Balaban J connectivity index is 2.37. The lowest BCUT2D eigenvalue weighted by atomic mass is 10.3. The summed E-state index contributed by atoms with van der Waals surface area (Å²) in [6, 6.07) is 7.76. The maximum absolute atomic E-state index is 4.31. The van der Waals surface area contributed by atoms with Crippen LogP contribution < -0.4 is 4.90 Å². The highest BCUT2D eigenvalue weighted by atomic mass is 79.9. The van der Waals surface area contributed by atoms with Crippen LogP contribution in [0, 0.1) is 0 Å². The first-order chi connectivity index (χ1) is 7.29. The number of nitrogens with zero attached hydrogens (tertiary/aromatic N) is 3. The number of rotatable bonds is 2. The number of aromatic nitrogens is 2. The van der Waals surface area contributed by atoms with Crippen molar-refractivity contribution < 1.29 is 0 Å². The van der Waals surface area contributed by atoms with Crippen molar-refractivity contribution in [2.75, 3.05) is 11.9 Å². The van der Waals surface area contributed by atoms with Crippen molar-refractivity contribution in [3.05, 3.63) is 47.3 Å². The summed E-state index contributed by atoms with van der Waals surface area (Å²) < 4.78 is 0.969. The second-order valence-corrected chi connectivity index (χ2v) is 3.93. The highest BCUT2D eigenvalue weighted by molar-refractivity contribution is 9.10. The summed E-state index contributed by atoms with van der Waals surface area (Å²) in [6.07, 6.45) is 5.33. The first-order valence-corrected chi connectivity index (χ1v) is 5.32. The fourth-order valence-electron chi connectivity index (χ4n) is 1.30. The van der Waals surface area contributed by atoms with E-state index in [0.29, 0.717) is 0 Å². The summed E-state index contributed by atoms with van der Waals surface area (Å²) in [7, 11) is 1.96. The van der Waals surface area contributed by atoms with Gasteiger partial charge in [0.25, 0.3) is 0 Å². The molecule has 0 atom stereocenters. The Hall–Kier alpha value is -1.42. The molecule has 0 bridgehead atoms. The van der Waals surface area contributed by atoms with Gasteiger partial charge in [-0.15, -0.1) is 0 Å². The zero-order chi connectivity index (χ0) is 10.7. The lowest BCUT2D eigenvalue weighted by Crippen LogP contribution is -2.11. The molecule has 15 heavy (non-hydrogen) atoms. The molecule has 4 heteroatoms. The van der Waals surface area contributed by atoms with Crippen molar-refractivity contribution in [2.45, 2.75) is 0 Å². The Labute approximate surface area is 96.9 Å². The molecule has 0 fully saturated rings. The van der Waals surface area contributed by atoms with Crippen LogP contribution in [0.5, 0.6) is 0 Å². The summed E-state index contributed by atoms with van der Waals surface area (Å²) in [5, 5.41) is 0. The van der Waals surface area contributed by atoms with Gasteiger partial charge in [-0.25, -0.2) is 4.98 Å². The third-order valence-corrected chi connectivity index (χ3v) is 2.71. The minimum Gasteiger partial charge on any atom is -0.327 e. The molecule has 2 aromatic rings. The van der Waals surface area contributed by atoms with E-state index in [1.165, 1.54) is 0 Å². The smallest absolute Gasteiger partial charge is 0.147 e. The molecule has 0 aliphatic rings. The molecule has 0 aromatic carbocycles. The lowest BCUT2D eigenvalue weighted by molar-refractivity contribution is 1.10. The Bertz CT molecular complexity index is 445. The Kier molecular flexibility index (Phi) is 2.97. The third kappa shape index (κ3) is 2.15. The molecule has 2 rings (SSSR count). The minimum absolute atomic E-state index is 0.880. The molecule has 0 saturated carbocycles. The van der Waals surface area contributed by atoms with Gasteiger partial charge in [-0.1, -0.05) is 0 Å². The van der Waals surface area contributed by atoms with Gasteiger partial charge in [0.2, 0.25) is 0 Å². The van der Waals surface area contributed by atoms with Crippen LogP contribution >= 0.6 is 15.9 Å². The third-order valence-electron chi connectivity index (χ3n) is 2.09. The van der Waals surface area contributed by atoms with Crippen LogP contribution in [0.25, 0.3) is 0 Å². The predicted octanol–water partition coefficient (Wildman–Crippen LogP) is 3.01. The van der Waals surface area contributed by atoms with Crippen LogP contribution in [0.4, 0.5) is 11.5 Å². The van der Waals surface area contributed by atoms with Gasteiger partial charge >= 0.3 is 0 Å². The molecule has 3 nitrogen and oxygen atoms in total. The molecule has 0 amide bonds. The molecule has 0 aliphatic heterocycles. The lowest BCUT2D eigenvalue weighted by Gasteiger charge is -2.18. The van der Waals surface area contributed by atoms with E-state index in [9.17, 15) is 0 Å². The number of hydrogen-bond acceptors (Lipinski definition) is 3. The van der Waals surface area contributed by atoms with Crippen LogP contribution in [0.3, 0.4) is 0 Å². The maximum Gasteiger partial charge on any atom is 0.147 e. The van der Waals surface area contributed by atoms with Gasteiger partial charge in [-0.3, -0.25) is 4.98 Å². The SMILES string of the molecule is CN(c1cccnc1)c1ncccc1Br. The van der Waals surface area contributed by atoms with E-state index in [1.54, 1.807) is 18.6 Å². The first-order valence-electron chi connectivity index (χ1n) is 4.53. The second-order valence-electron chi connectivity index (χ2n) is 3.08. The largest absolute Gasteiger partial charge is 0.327 e. The molecule has 0 unspecified atom stereocenters. The van der Waals surface area contributed by atoms with Crippen molar-refractivity contribution in [3.8, 4) is 0 Å². The topological polar surface area (TPSA) is 29.0 Å². The van der Waals surface area contributed by atoms with Crippen LogP contribution in [0.1, 0.15) is 0 Å². The quantitative estimate of drug-likeness (QED) is 0.834. The van der Waals surface area contributed by atoms with Gasteiger partial charge in [-0.2, -0.15) is 0 Å². The molecule has 0 radical (unpaired) electrons. The van der Waals surface area contributed by atoms with Crippen molar-refractivity contribution in [2.24, 2.45) is 0 Å². The zero-order valence-corrected chi connectivity index (χ0v) is 9.85. The average molecular weight is 264 g/mol. The second kappa shape index (κ2) is 4.40. The van der Waals surface area contributed by atoms with E-state index in [1.807, 2.05) is 36.2 Å². The molecular weight excluding hydrogens is 254 g/mol. The van der Waals surface area contributed by atoms with Crippen LogP contribution in [0.2, 0.25) is 0 Å². The van der Waals surface area contributed by atoms with Crippen molar-refractivity contribution >= 4 is 27.4 Å². The minimum atomic E-state index is 0.880. The van der Waals surface area contributed by atoms with Gasteiger partial charge in [0, 0.05) is 19.4 Å². The fourth-order valence-corrected chi connectivity index (χ4v) is 1.82. The van der Waals surface area contributed by atoms with Gasteiger partial charge in [0.1, 0.15) is 5.82 Å². The molecular formula is C11H10BrN3. The normalized spacial score (nSPS) is 10.0. The van der Waals surface area contributed by atoms with Crippen LogP contribution in [0.15, 0.2) is 47.3 Å². The molecule has 0 aliphatic carbocycles. The Morgan fingerprint density at radius 2 is 2.00 bits per heavy atom. The number of pyridine rings is 2. The Morgan fingerprint density at radius 1 is 1.20 bits per heavy atom. The van der Waals surface area contributed by atoms with Crippen molar-refractivity contribution in [1.82, 2.24) is 9.97 Å². The van der Waals surface area contributed by atoms with Crippen molar-refractivity contribution in [1.29, 1.82) is 0 Å². The Morgan fingerprint density at radius 3 is 2.67 bits per heavy atom. The predicted molar refractivity (Wildman–Crippen MR) is 64.2 cm³/mol. The van der Waals surface area contributed by atoms with E-state index in [0.717, 1.165) is 16.0 Å². The average Bonchev–Trinajstić information content (AvgIpc) is 2.30. The van der Waals surface area contributed by atoms with E-state index in [-0.39, 0.29) is 0 Å². The van der Waals surface area contributed by atoms with Crippen LogP contribution in [-0.2, 0) is 0 Å². The van der Waals surface area contributed by atoms with E-state index < -0.39 is 0 Å². The monoisotopic (exact) mass is 263 g/mol. The molecule has 0 spiro atoms. The number of anilines is 2. The molecule has 2 heterocycles. The standard InChI is InChI=1S/C11H10BrN3/c1-15(9-4-2-6-13-8-9)11-10(12)5-3-7-14-11/h2-8H,1H3. The summed E-state index contributed by atoms with van der Waals surface area (Å²) in [5.41, 5.74) is 1.01. The highest BCUT2D eigenvalue weighted by Crippen LogP contribution is 2.27. The first kappa shape index (κ1) is 10.1. The molecule has 2 aromatic heterocycles. The van der Waals surface area contributed by atoms with E-state index in [4.69, 9.17) is 0 Å². The summed E-state index contributed by atoms with van der Waals surface area (Å²) >= 11 is 3.47. The summed E-state index contributed by atoms with van der Waals surface area (Å²) in [4.78, 5) is 10.4. The van der Waals surface area contributed by atoms with Gasteiger partial charge in [-0.05, 0) is 40.2 Å². The van der Waals surface area contributed by atoms with Crippen LogP contribution in [-0.4, -0.2) is 17.0 Å². The van der Waals surface area contributed by atoms with Gasteiger partial charge in [0.05, 0.1) is 16.4 Å². The molecule has 0 N–H and O–H groups in total. The fraction of sp³-hybridized carbons (Fsp3) is 0.0909. The molecule has 76 valence electrons. The number of hydrogen-bond donors (Lipinski definition) is 0. The zero-order valence-electron chi connectivity index (χ0n) is 8.26. The summed E-state index contributed by atoms with van der Waals surface area (Å²) in [6.45, 7) is 0. The van der Waals surface area contributed by atoms with E-state index >= 15 is 0 Å². The number of halogens is 1. The summed E-state index contributed by atoms with van der Waals surface area (Å²) in [5.74, 6) is 0.880. The van der Waals surface area contributed by atoms with E-state index in [2.05, 4.69) is 25.9 Å². The molecule has 0 saturated heterocycles. The highest BCUT2D eigenvalue weighted by Gasteiger charge is 2.07.